The van der Waals surface area contributed by atoms with E-state index in [1.165, 1.54) is 23.5 Å². The second kappa shape index (κ2) is 6.93. The molecule has 4 rings (SSSR count). The van der Waals surface area contributed by atoms with E-state index in [1.54, 1.807) is 29.2 Å². The molecule has 0 aliphatic rings. The number of nitrogens with zero attached hydrogens (tertiary/aromatic N) is 5. The summed E-state index contributed by atoms with van der Waals surface area (Å²) in [5.41, 5.74) is 0.809. The number of aromatic nitrogens is 4. The third kappa shape index (κ3) is 3.34. The summed E-state index contributed by atoms with van der Waals surface area (Å²) >= 11 is 7.93. The van der Waals surface area contributed by atoms with Crippen LogP contribution in [0.4, 0.5) is 11.5 Å². The largest absolute Gasteiger partial charge is 0.365 e. The predicted molar refractivity (Wildman–Crippen MR) is 105 cm³/mol. The van der Waals surface area contributed by atoms with Gasteiger partial charge in [-0.1, -0.05) is 23.7 Å². The zero-order valence-electron chi connectivity index (χ0n) is 14.1. The van der Waals surface area contributed by atoms with Gasteiger partial charge in [0, 0.05) is 35.9 Å². The number of fused-ring (bicyclic) bond motifs is 1. The number of hydrogen-bond donors (Lipinski definition) is 1. The van der Waals surface area contributed by atoms with Crippen molar-refractivity contribution in [2.24, 2.45) is 0 Å². The summed E-state index contributed by atoms with van der Waals surface area (Å²) in [6.45, 7) is 2.28. The smallest absolute Gasteiger partial charge is 0.269 e. The number of anilines is 1. The van der Waals surface area contributed by atoms with E-state index in [9.17, 15) is 10.1 Å². The highest BCUT2D eigenvalue weighted by Crippen LogP contribution is 2.38. The van der Waals surface area contributed by atoms with Crippen molar-refractivity contribution in [2.45, 2.75) is 13.5 Å². The summed E-state index contributed by atoms with van der Waals surface area (Å²) in [4.78, 5) is 21.3. The van der Waals surface area contributed by atoms with Gasteiger partial charge < -0.3 is 5.32 Å². The Morgan fingerprint density at radius 1 is 1.33 bits per heavy atom. The number of aryl methyl sites for hydroxylation is 1. The molecule has 3 aromatic heterocycles. The van der Waals surface area contributed by atoms with Crippen LogP contribution in [-0.4, -0.2) is 24.7 Å². The fourth-order valence-corrected chi connectivity index (χ4v) is 3.91. The van der Waals surface area contributed by atoms with Gasteiger partial charge in [-0.15, -0.1) is 11.3 Å². The number of rotatable bonds is 5. The number of thiophene rings is 1. The highest BCUT2D eigenvalue weighted by molar-refractivity contribution is 7.19. The molecule has 3 heterocycles. The minimum absolute atomic E-state index is 0.0452. The lowest BCUT2D eigenvalue weighted by atomic mass is 10.2. The van der Waals surface area contributed by atoms with Gasteiger partial charge in [0.1, 0.15) is 10.6 Å². The Bertz CT molecular complexity index is 1140. The van der Waals surface area contributed by atoms with Gasteiger partial charge in [0.15, 0.2) is 0 Å². The molecule has 0 aliphatic heterocycles. The SMILES string of the molecule is Cc1sc2nc(-n3cccn3)nc(NCc3cccc([N+](=O)[O-])c3)c2c1Cl. The quantitative estimate of drug-likeness (QED) is 0.394. The number of non-ortho nitro benzene ring substituents is 1. The minimum Gasteiger partial charge on any atom is -0.365 e. The first-order valence-corrected chi connectivity index (χ1v) is 9.16. The Hall–Kier alpha value is -3.04. The van der Waals surface area contributed by atoms with Gasteiger partial charge in [0.05, 0.1) is 15.3 Å². The van der Waals surface area contributed by atoms with Crippen LogP contribution in [0.2, 0.25) is 5.02 Å². The standard InChI is InChI=1S/C17H13ClN6O2S/c1-10-14(18)13-15(19-9-11-4-2-5-12(8-11)24(25)26)21-17(22-16(13)27-10)23-7-3-6-20-23/h2-8H,9H2,1H3,(H,19,21,22). The number of nitrogens with one attached hydrogen (secondary N) is 1. The monoisotopic (exact) mass is 400 g/mol. The van der Waals surface area contributed by atoms with E-state index in [4.69, 9.17) is 11.6 Å². The maximum atomic E-state index is 11.0. The molecule has 10 heteroatoms. The Kier molecular flexibility index (Phi) is 4.46. The molecule has 0 saturated heterocycles. The third-order valence-electron chi connectivity index (χ3n) is 3.93. The third-order valence-corrected chi connectivity index (χ3v) is 5.52. The molecule has 8 nitrogen and oxygen atoms in total. The van der Waals surface area contributed by atoms with E-state index in [2.05, 4.69) is 20.4 Å². The summed E-state index contributed by atoms with van der Waals surface area (Å²) in [6.07, 6.45) is 3.41. The average molecular weight is 401 g/mol. The Morgan fingerprint density at radius 2 is 2.19 bits per heavy atom. The van der Waals surface area contributed by atoms with Crippen LogP contribution in [-0.2, 0) is 6.54 Å². The molecule has 0 saturated carbocycles. The highest BCUT2D eigenvalue weighted by atomic mass is 35.5. The first-order valence-electron chi connectivity index (χ1n) is 7.97. The second-order valence-corrected chi connectivity index (χ2v) is 7.34. The van der Waals surface area contributed by atoms with Crippen molar-refractivity contribution in [1.29, 1.82) is 0 Å². The highest BCUT2D eigenvalue weighted by Gasteiger charge is 2.17. The van der Waals surface area contributed by atoms with Crippen LogP contribution in [0.1, 0.15) is 10.4 Å². The first kappa shape index (κ1) is 17.4. The van der Waals surface area contributed by atoms with E-state index in [1.807, 2.05) is 13.0 Å². The van der Waals surface area contributed by atoms with Gasteiger partial charge >= 0.3 is 0 Å². The molecule has 4 aromatic rings. The fourth-order valence-electron chi connectivity index (χ4n) is 2.65. The van der Waals surface area contributed by atoms with Crippen LogP contribution in [0.25, 0.3) is 16.2 Å². The van der Waals surface area contributed by atoms with Crippen LogP contribution in [0.3, 0.4) is 0 Å². The molecular weight excluding hydrogens is 388 g/mol. The number of nitro groups is 1. The summed E-state index contributed by atoms with van der Waals surface area (Å²) in [5.74, 6) is 0.985. The van der Waals surface area contributed by atoms with Crippen molar-refractivity contribution in [3.63, 3.8) is 0 Å². The van der Waals surface area contributed by atoms with E-state index >= 15 is 0 Å². The summed E-state index contributed by atoms with van der Waals surface area (Å²) in [7, 11) is 0. The van der Waals surface area contributed by atoms with E-state index in [0.717, 1.165) is 20.7 Å². The maximum Gasteiger partial charge on any atom is 0.269 e. The van der Waals surface area contributed by atoms with Crippen LogP contribution in [0.15, 0.2) is 42.7 Å². The first-order chi connectivity index (χ1) is 13.0. The van der Waals surface area contributed by atoms with Gasteiger partial charge in [-0.2, -0.15) is 15.1 Å². The van der Waals surface area contributed by atoms with E-state index < -0.39 is 4.92 Å². The van der Waals surface area contributed by atoms with Gasteiger partial charge in [-0.3, -0.25) is 10.1 Å². The molecule has 0 fully saturated rings. The van der Waals surface area contributed by atoms with Crippen molar-refractivity contribution < 1.29 is 4.92 Å². The summed E-state index contributed by atoms with van der Waals surface area (Å²) in [5, 5.41) is 19.7. The van der Waals surface area contributed by atoms with Crippen molar-refractivity contribution in [3.8, 4) is 5.95 Å². The van der Waals surface area contributed by atoms with E-state index in [0.29, 0.717) is 23.3 Å². The number of benzene rings is 1. The van der Waals surface area contributed by atoms with Crippen molar-refractivity contribution in [1.82, 2.24) is 19.7 Å². The average Bonchev–Trinajstić information content (AvgIpc) is 3.29. The van der Waals surface area contributed by atoms with Gasteiger partial charge in [0.2, 0.25) is 0 Å². The maximum absolute atomic E-state index is 11.0. The molecule has 0 amide bonds. The Balaban J connectivity index is 1.73. The fraction of sp³-hybridized carbons (Fsp3) is 0.118. The molecule has 136 valence electrons. The minimum atomic E-state index is -0.415. The molecule has 27 heavy (non-hydrogen) atoms. The summed E-state index contributed by atoms with van der Waals surface area (Å²) in [6, 6.07) is 8.24. The number of nitro benzene ring substituents is 1. The van der Waals surface area contributed by atoms with Crippen LogP contribution in [0, 0.1) is 17.0 Å². The molecule has 0 bridgehead atoms. The zero-order chi connectivity index (χ0) is 19.0. The molecule has 0 spiro atoms. The Labute approximate surface area is 162 Å². The van der Waals surface area contributed by atoms with E-state index in [-0.39, 0.29) is 5.69 Å². The van der Waals surface area contributed by atoms with Crippen molar-refractivity contribution in [3.05, 3.63) is 68.3 Å². The molecular formula is C17H13ClN6O2S. The number of halogens is 1. The predicted octanol–water partition coefficient (Wildman–Crippen LogP) is 4.36. The topological polar surface area (TPSA) is 98.8 Å². The van der Waals surface area contributed by atoms with Crippen LogP contribution in [0.5, 0.6) is 0 Å². The molecule has 0 atom stereocenters. The zero-order valence-corrected chi connectivity index (χ0v) is 15.7. The van der Waals surface area contributed by atoms with Crippen molar-refractivity contribution >= 4 is 44.7 Å². The summed E-state index contributed by atoms with van der Waals surface area (Å²) < 4.78 is 1.57. The second-order valence-electron chi connectivity index (χ2n) is 5.76. The van der Waals surface area contributed by atoms with Crippen LogP contribution >= 0.6 is 22.9 Å². The molecule has 0 unspecified atom stereocenters. The normalized spacial score (nSPS) is 11.0. The molecule has 1 N–H and O–H groups in total. The van der Waals surface area contributed by atoms with Gasteiger partial charge in [-0.25, -0.2) is 4.68 Å². The molecule has 0 aliphatic carbocycles. The molecule has 0 radical (unpaired) electrons. The van der Waals surface area contributed by atoms with Crippen LogP contribution < -0.4 is 5.32 Å². The molecule has 1 aromatic carbocycles. The lowest BCUT2D eigenvalue weighted by Gasteiger charge is -2.09. The van der Waals surface area contributed by atoms with Gasteiger partial charge in [-0.05, 0) is 18.6 Å². The van der Waals surface area contributed by atoms with Crippen molar-refractivity contribution in [2.75, 3.05) is 5.32 Å². The van der Waals surface area contributed by atoms with Gasteiger partial charge in [0.25, 0.3) is 11.6 Å². The number of hydrogen-bond acceptors (Lipinski definition) is 7. The lowest BCUT2D eigenvalue weighted by Crippen LogP contribution is -2.07. The Morgan fingerprint density at radius 3 is 2.93 bits per heavy atom. The lowest BCUT2D eigenvalue weighted by molar-refractivity contribution is -0.384.